The van der Waals surface area contributed by atoms with Crippen LogP contribution in [0.5, 0.6) is 0 Å². The van der Waals surface area contributed by atoms with Gasteiger partial charge in [-0.15, -0.1) is 0 Å². The van der Waals surface area contributed by atoms with E-state index < -0.39 is 5.60 Å². The van der Waals surface area contributed by atoms with E-state index in [1.54, 1.807) is 7.05 Å². The summed E-state index contributed by atoms with van der Waals surface area (Å²) in [4.78, 5) is 13.3. The fourth-order valence-electron chi connectivity index (χ4n) is 2.51. The lowest BCUT2D eigenvalue weighted by Gasteiger charge is -2.24. The summed E-state index contributed by atoms with van der Waals surface area (Å²) in [5, 5.41) is 0. The minimum atomic E-state index is -0.499. The first kappa shape index (κ1) is 34.0. The van der Waals surface area contributed by atoms with Crippen LogP contribution in [0, 0.1) is 0 Å². The largest absolute Gasteiger partial charge is 0.444 e. The van der Waals surface area contributed by atoms with E-state index in [2.05, 4.69) is 6.92 Å². The summed E-state index contributed by atoms with van der Waals surface area (Å²) in [6, 6.07) is 0. The number of carbonyl (C=O) groups excluding carboxylic acids is 1. The third-order valence-corrected chi connectivity index (χ3v) is 4.40. The van der Waals surface area contributed by atoms with Gasteiger partial charge in [0.05, 0.1) is 85.9 Å². The van der Waals surface area contributed by atoms with Crippen molar-refractivity contribution in [3.05, 3.63) is 0 Å². The van der Waals surface area contributed by atoms with Crippen LogP contribution in [0.1, 0.15) is 47.0 Å². The molecule has 10 nitrogen and oxygen atoms in total. The fraction of sp³-hybridized carbons (Fsp3) is 0.960. The first-order valence-corrected chi connectivity index (χ1v) is 12.8. The number of carbonyl (C=O) groups is 1. The molecule has 10 heteroatoms. The summed E-state index contributed by atoms with van der Waals surface area (Å²) < 4.78 is 43.4. The number of likely N-dealkylation sites (N-methyl/N-ethyl adjacent to an activating group) is 1. The molecule has 0 aliphatic carbocycles. The summed E-state index contributed by atoms with van der Waals surface area (Å²) in [7, 11) is 1.69. The molecule has 0 atom stereocenters. The molecular formula is C25H51NO9. The summed E-state index contributed by atoms with van der Waals surface area (Å²) in [6.45, 7) is 15.8. The molecule has 210 valence electrons. The monoisotopic (exact) mass is 509 g/mol. The van der Waals surface area contributed by atoms with Crippen molar-refractivity contribution < 1.29 is 42.7 Å². The second kappa shape index (κ2) is 24.7. The van der Waals surface area contributed by atoms with Gasteiger partial charge in [0, 0.05) is 20.2 Å². The van der Waals surface area contributed by atoms with Gasteiger partial charge < -0.3 is 42.8 Å². The van der Waals surface area contributed by atoms with E-state index in [-0.39, 0.29) is 6.09 Å². The summed E-state index contributed by atoms with van der Waals surface area (Å²) in [6.07, 6.45) is 3.19. The van der Waals surface area contributed by atoms with Gasteiger partial charge in [0.2, 0.25) is 0 Å². The van der Waals surface area contributed by atoms with Crippen molar-refractivity contribution in [1.29, 1.82) is 0 Å². The van der Waals surface area contributed by atoms with Gasteiger partial charge in [-0.3, -0.25) is 0 Å². The van der Waals surface area contributed by atoms with Gasteiger partial charge >= 0.3 is 6.09 Å². The van der Waals surface area contributed by atoms with E-state index in [1.807, 2.05) is 20.8 Å². The van der Waals surface area contributed by atoms with Crippen molar-refractivity contribution in [3.8, 4) is 0 Å². The van der Waals surface area contributed by atoms with Crippen LogP contribution in [0.3, 0.4) is 0 Å². The molecule has 0 saturated carbocycles. The molecule has 0 aromatic rings. The second-order valence-electron chi connectivity index (χ2n) is 8.90. The molecule has 0 aliphatic rings. The molecule has 0 aromatic carbocycles. The predicted octanol–water partition coefficient (Wildman–Crippen LogP) is 3.16. The maximum absolute atomic E-state index is 11.8. The molecule has 0 radical (unpaired) electrons. The lowest BCUT2D eigenvalue weighted by Crippen LogP contribution is -2.36. The molecule has 0 bridgehead atoms. The van der Waals surface area contributed by atoms with Crippen LogP contribution >= 0.6 is 0 Å². The Kier molecular flexibility index (Phi) is 24.0. The molecule has 1 amide bonds. The number of hydrogen-bond acceptors (Lipinski definition) is 9. The van der Waals surface area contributed by atoms with Gasteiger partial charge in [-0.05, 0) is 27.2 Å². The van der Waals surface area contributed by atoms with E-state index in [1.165, 1.54) is 17.7 Å². The molecule has 35 heavy (non-hydrogen) atoms. The Morgan fingerprint density at radius 1 is 0.571 bits per heavy atom. The van der Waals surface area contributed by atoms with Gasteiger partial charge in [-0.2, -0.15) is 0 Å². The SMILES string of the molecule is CCCCCOCCOCCOCCOCCOCCOCCOCCN(C)C(=O)OC(C)(C)C. The van der Waals surface area contributed by atoms with Crippen LogP contribution in [0.2, 0.25) is 0 Å². The first-order valence-electron chi connectivity index (χ1n) is 12.8. The molecule has 0 fully saturated rings. The lowest BCUT2D eigenvalue weighted by molar-refractivity contribution is -0.0213. The Hall–Kier alpha value is -1.01. The van der Waals surface area contributed by atoms with E-state index in [4.69, 9.17) is 37.9 Å². The number of ether oxygens (including phenoxy) is 8. The highest BCUT2D eigenvalue weighted by molar-refractivity contribution is 5.67. The molecule has 0 rings (SSSR count). The van der Waals surface area contributed by atoms with Gasteiger partial charge in [0.25, 0.3) is 0 Å². The molecule has 0 N–H and O–H groups in total. The third kappa shape index (κ3) is 27.4. The highest BCUT2D eigenvalue weighted by Crippen LogP contribution is 2.08. The second-order valence-corrected chi connectivity index (χ2v) is 8.90. The van der Waals surface area contributed by atoms with Crippen molar-refractivity contribution in [1.82, 2.24) is 4.90 Å². The van der Waals surface area contributed by atoms with E-state index in [0.717, 1.165) is 13.0 Å². The first-order chi connectivity index (χ1) is 16.9. The van der Waals surface area contributed by atoms with Crippen LogP contribution < -0.4 is 0 Å². The Labute approximate surface area is 212 Å². The summed E-state index contributed by atoms with van der Waals surface area (Å²) in [5.41, 5.74) is -0.499. The van der Waals surface area contributed by atoms with Gasteiger partial charge in [0.15, 0.2) is 0 Å². The molecule has 0 heterocycles. The highest BCUT2D eigenvalue weighted by Gasteiger charge is 2.19. The zero-order chi connectivity index (χ0) is 26.0. The fourth-order valence-corrected chi connectivity index (χ4v) is 2.51. The Morgan fingerprint density at radius 3 is 1.26 bits per heavy atom. The molecule has 0 spiro atoms. The van der Waals surface area contributed by atoms with E-state index in [0.29, 0.717) is 92.4 Å². The summed E-state index contributed by atoms with van der Waals surface area (Å²) in [5.74, 6) is 0. The normalized spacial score (nSPS) is 11.7. The lowest BCUT2D eigenvalue weighted by atomic mass is 10.2. The Balaban J connectivity index is 3.18. The smallest absolute Gasteiger partial charge is 0.410 e. The van der Waals surface area contributed by atoms with Gasteiger partial charge in [-0.25, -0.2) is 4.79 Å². The average molecular weight is 510 g/mol. The van der Waals surface area contributed by atoms with Crippen LogP contribution in [0.4, 0.5) is 4.79 Å². The van der Waals surface area contributed by atoms with Crippen LogP contribution in [-0.4, -0.2) is 123 Å². The van der Waals surface area contributed by atoms with Crippen LogP contribution in [0.15, 0.2) is 0 Å². The maximum Gasteiger partial charge on any atom is 0.410 e. The van der Waals surface area contributed by atoms with Gasteiger partial charge in [0.1, 0.15) is 5.60 Å². The molecule has 0 saturated heterocycles. The van der Waals surface area contributed by atoms with Crippen molar-refractivity contribution in [2.24, 2.45) is 0 Å². The van der Waals surface area contributed by atoms with Crippen molar-refractivity contribution in [2.45, 2.75) is 52.6 Å². The van der Waals surface area contributed by atoms with Crippen molar-refractivity contribution in [2.75, 3.05) is 106 Å². The zero-order valence-corrected chi connectivity index (χ0v) is 22.8. The van der Waals surface area contributed by atoms with Crippen molar-refractivity contribution in [3.63, 3.8) is 0 Å². The number of unbranched alkanes of at least 4 members (excludes halogenated alkanes) is 2. The minimum Gasteiger partial charge on any atom is -0.444 e. The number of hydrogen-bond donors (Lipinski definition) is 0. The third-order valence-electron chi connectivity index (χ3n) is 4.40. The number of rotatable bonds is 25. The van der Waals surface area contributed by atoms with Crippen molar-refractivity contribution >= 4 is 6.09 Å². The quantitative estimate of drug-likeness (QED) is 0.172. The average Bonchev–Trinajstić information content (AvgIpc) is 2.80. The molecule has 0 unspecified atom stereocenters. The topological polar surface area (TPSA) is 94.2 Å². The molecule has 0 aliphatic heterocycles. The highest BCUT2D eigenvalue weighted by atomic mass is 16.6. The minimum absolute atomic E-state index is 0.356. The molecule has 0 aromatic heterocycles. The summed E-state index contributed by atoms with van der Waals surface area (Å²) >= 11 is 0. The van der Waals surface area contributed by atoms with E-state index >= 15 is 0 Å². The molecular weight excluding hydrogens is 458 g/mol. The van der Waals surface area contributed by atoms with Crippen LogP contribution in [-0.2, 0) is 37.9 Å². The van der Waals surface area contributed by atoms with Gasteiger partial charge in [-0.1, -0.05) is 19.8 Å². The number of nitrogens with zero attached hydrogens (tertiary/aromatic N) is 1. The Morgan fingerprint density at radius 2 is 0.914 bits per heavy atom. The Bertz CT molecular complexity index is 461. The zero-order valence-electron chi connectivity index (χ0n) is 22.8. The van der Waals surface area contributed by atoms with E-state index in [9.17, 15) is 4.79 Å². The standard InChI is InChI=1S/C25H51NO9/c1-6-7-8-10-28-12-14-30-16-18-32-20-22-34-23-21-33-19-17-31-15-13-29-11-9-26(5)24(27)35-25(2,3)4/h6-23H2,1-5H3. The number of amides is 1. The van der Waals surface area contributed by atoms with Crippen LogP contribution in [0.25, 0.3) is 0 Å². The maximum atomic E-state index is 11.8. The predicted molar refractivity (Wildman–Crippen MR) is 134 cm³/mol.